The van der Waals surface area contributed by atoms with Crippen LogP contribution in [-0.2, 0) is 0 Å². The van der Waals surface area contributed by atoms with Gasteiger partial charge in [0.2, 0.25) is 0 Å². The molecule has 1 fully saturated rings. The van der Waals surface area contributed by atoms with E-state index in [4.69, 9.17) is 0 Å². The van der Waals surface area contributed by atoms with Crippen molar-refractivity contribution in [2.24, 2.45) is 0 Å². The van der Waals surface area contributed by atoms with Crippen molar-refractivity contribution in [2.75, 3.05) is 40.8 Å². The zero-order valence-corrected chi connectivity index (χ0v) is 15.1. The van der Waals surface area contributed by atoms with E-state index in [1.807, 2.05) is 0 Å². The Morgan fingerprint density at radius 2 is 2.19 bits per heavy atom. The second kappa shape index (κ2) is 8.28. The third-order valence-corrected chi connectivity index (χ3v) is 5.34. The first-order valence-electron chi connectivity index (χ1n) is 7.92. The van der Waals surface area contributed by atoms with Crippen LogP contribution in [0.15, 0.2) is 28.7 Å². The lowest BCUT2D eigenvalue weighted by Gasteiger charge is -2.27. The number of benzene rings is 1. The summed E-state index contributed by atoms with van der Waals surface area (Å²) in [5.41, 5.74) is 1.35. The number of nitrogens with zero attached hydrogens (tertiary/aromatic N) is 2. The van der Waals surface area contributed by atoms with Crippen molar-refractivity contribution >= 4 is 15.9 Å². The van der Waals surface area contributed by atoms with Gasteiger partial charge in [-0.1, -0.05) is 34.1 Å². The molecular formula is C17H28BrN3. The minimum Gasteiger partial charge on any atom is -0.313 e. The molecule has 1 aliphatic rings. The predicted octanol–water partition coefficient (Wildman–Crippen LogP) is 3.13. The second-order valence-corrected chi connectivity index (χ2v) is 7.04. The number of nitrogens with one attached hydrogen (secondary N) is 1. The molecule has 0 spiro atoms. The molecule has 2 rings (SSSR count). The highest BCUT2D eigenvalue weighted by Crippen LogP contribution is 2.25. The van der Waals surface area contributed by atoms with Gasteiger partial charge in [0.15, 0.2) is 0 Å². The first-order valence-corrected chi connectivity index (χ1v) is 8.71. The number of likely N-dealkylation sites (N-methyl/N-ethyl adjacent to an activating group) is 2. The van der Waals surface area contributed by atoms with Crippen LogP contribution in [0.3, 0.4) is 0 Å². The van der Waals surface area contributed by atoms with Crippen molar-refractivity contribution in [1.29, 1.82) is 0 Å². The van der Waals surface area contributed by atoms with Crippen LogP contribution in [0.1, 0.15) is 30.9 Å². The first kappa shape index (κ1) is 16.9. The van der Waals surface area contributed by atoms with Gasteiger partial charge in [0.1, 0.15) is 0 Å². The molecule has 0 radical (unpaired) electrons. The summed E-state index contributed by atoms with van der Waals surface area (Å²) < 4.78 is 1.20. The molecule has 0 bridgehead atoms. The third-order valence-electron chi connectivity index (χ3n) is 4.62. The molecule has 1 N–H and O–H groups in total. The van der Waals surface area contributed by atoms with Gasteiger partial charge in [-0.2, -0.15) is 0 Å². The summed E-state index contributed by atoms with van der Waals surface area (Å²) >= 11 is 3.66. The molecule has 4 heteroatoms. The zero-order valence-electron chi connectivity index (χ0n) is 13.5. The summed E-state index contributed by atoms with van der Waals surface area (Å²) in [5.74, 6) is 0. The normalized spacial score (nSPS) is 21.1. The number of hydrogen-bond donors (Lipinski definition) is 1. The summed E-state index contributed by atoms with van der Waals surface area (Å²) in [6, 6.07) is 9.66. The molecule has 0 amide bonds. The molecule has 2 atom stereocenters. The van der Waals surface area contributed by atoms with E-state index in [0.717, 1.165) is 19.0 Å². The zero-order chi connectivity index (χ0) is 15.2. The maximum Gasteiger partial charge on any atom is 0.0340 e. The molecule has 1 aliphatic heterocycles. The third kappa shape index (κ3) is 4.78. The van der Waals surface area contributed by atoms with E-state index in [-0.39, 0.29) is 0 Å². The Balaban J connectivity index is 1.84. The van der Waals surface area contributed by atoms with E-state index in [9.17, 15) is 0 Å². The summed E-state index contributed by atoms with van der Waals surface area (Å²) in [5, 5.41) is 3.45. The minimum atomic E-state index is 0.407. The van der Waals surface area contributed by atoms with Gasteiger partial charge in [0.25, 0.3) is 0 Å². The summed E-state index contributed by atoms with van der Waals surface area (Å²) in [6.45, 7) is 3.56. The van der Waals surface area contributed by atoms with Crippen LogP contribution >= 0.6 is 15.9 Å². The monoisotopic (exact) mass is 353 g/mol. The van der Waals surface area contributed by atoms with E-state index in [2.05, 4.69) is 76.5 Å². The van der Waals surface area contributed by atoms with Gasteiger partial charge in [0, 0.05) is 23.1 Å². The van der Waals surface area contributed by atoms with Gasteiger partial charge < -0.3 is 15.1 Å². The largest absolute Gasteiger partial charge is 0.313 e. The molecule has 1 aromatic carbocycles. The number of hydrogen-bond acceptors (Lipinski definition) is 3. The van der Waals surface area contributed by atoms with E-state index in [1.54, 1.807) is 0 Å². The maximum absolute atomic E-state index is 3.66. The van der Waals surface area contributed by atoms with Gasteiger partial charge in [-0.25, -0.2) is 0 Å². The molecule has 2 unspecified atom stereocenters. The van der Waals surface area contributed by atoms with Gasteiger partial charge >= 0.3 is 0 Å². The number of likely N-dealkylation sites (tertiary alicyclic amines) is 1. The van der Waals surface area contributed by atoms with E-state index < -0.39 is 0 Å². The lowest BCUT2D eigenvalue weighted by atomic mass is 10.0. The molecule has 1 aromatic rings. The van der Waals surface area contributed by atoms with Crippen molar-refractivity contribution in [3.8, 4) is 0 Å². The molecule has 1 heterocycles. The Bertz CT molecular complexity index is 438. The topological polar surface area (TPSA) is 18.5 Å². The van der Waals surface area contributed by atoms with Crippen molar-refractivity contribution in [2.45, 2.75) is 31.3 Å². The van der Waals surface area contributed by atoms with Crippen LogP contribution in [0.2, 0.25) is 0 Å². The fraction of sp³-hybridized carbons (Fsp3) is 0.647. The van der Waals surface area contributed by atoms with Gasteiger partial charge in [-0.05, 0) is 65.1 Å². The Labute approximate surface area is 137 Å². The quantitative estimate of drug-likeness (QED) is 0.812. The van der Waals surface area contributed by atoms with E-state index in [0.29, 0.717) is 6.04 Å². The fourth-order valence-corrected chi connectivity index (χ4v) is 3.78. The number of rotatable bonds is 7. The van der Waals surface area contributed by atoms with Crippen LogP contribution < -0.4 is 5.32 Å². The molecule has 118 valence electrons. The minimum absolute atomic E-state index is 0.407. The number of halogens is 1. The second-order valence-electron chi connectivity index (χ2n) is 6.19. The smallest absolute Gasteiger partial charge is 0.0340 e. The van der Waals surface area contributed by atoms with Gasteiger partial charge in [-0.15, -0.1) is 0 Å². The van der Waals surface area contributed by atoms with Gasteiger partial charge in [-0.3, -0.25) is 0 Å². The Morgan fingerprint density at radius 3 is 2.81 bits per heavy atom. The Kier molecular flexibility index (Phi) is 6.68. The molecule has 1 saturated heterocycles. The average molecular weight is 354 g/mol. The van der Waals surface area contributed by atoms with Crippen molar-refractivity contribution < 1.29 is 0 Å². The van der Waals surface area contributed by atoms with Crippen LogP contribution in [0.25, 0.3) is 0 Å². The molecule has 3 nitrogen and oxygen atoms in total. The van der Waals surface area contributed by atoms with Crippen LogP contribution in [-0.4, -0.2) is 56.6 Å². The summed E-state index contributed by atoms with van der Waals surface area (Å²) in [6.07, 6.45) is 3.83. The van der Waals surface area contributed by atoms with Crippen molar-refractivity contribution in [1.82, 2.24) is 15.1 Å². The Hall–Kier alpha value is -0.420. The van der Waals surface area contributed by atoms with Crippen LogP contribution in [0.5, 0.6) is 0 Å². The van der Waals surface area contributed by atoms with E-state index in [1.165, 1.54) is 36.0 Å². The Morgan fingerprint density at radius 1 is 1.43 bits per heavy atom. The molecule has 21 heavy (non-hydrogen) atoms. The van der Waals surface area contributed by atoms with E-state index >= 15 is 0 Å². The highest BCUT2D eigenvalue weighted by molar-refractivity contribution is 9.10. The standard InChI is InChI=1S/C17H28BrN3/c1-19-17(15-8-4-5-9-16(15)18)10-12-20(2)13-14-7-6-11-21(14)3/h4-5,8-9,14,17,19H,6-7,10-13H2,1-3H3. The van der Waals surface area contributed by atoms with Crippen molar-refractivity contribution in [3.63, 3.8) is 0 Å². The molecule has 0 aromatic heterocycles. The average Bonchev–Trinajstić information content (AvgIpc) is 2.86. The molecular weight excluding hydrogens is 326 g/mol. The lowest BCUT2D eigenvalue weighted by Crippen LogP contribution is -2.37. The maximum atomic E-state index is 3.66. The molecule has 0 aliphatic carbocycles. The summed E-state index contributed by atoms with van der Waals surface area (Å²) in [4.78, 5) is 4.98. The predicted molar refractivity (Wildman–Crippen MR) is 93.7 cm³/mol. The lowest BCUT2D eigenvalue weighted by molar-refractivity contribution is 0.214. The SMILES string of the molecule is CNC(CCN(C)CC1CCCN1C)c1ccccc1Br. The van der Waals surface area contributed by atoms with Crippen molar-refractivity contribution in [3.05, 3.63) is 34.3 Å². The summed E-state index contributed by atoms with van der Waals surface area (Å²) in [7, 11) is 6.55. The van der Waals surface area contributed by atoms with Crippen LogP contribution in [0.4, 0.5) is 0 Å². The van der Waals surface area contributed by atoms with Gasteiger partial charge in [0.05, 0.1) is 0 Å². The van der Waals surface area contributed by atoms with Crippen LogP contribution in [0, 0.1) is 0 Å². The molecule has 0 saturated carbocycles. The first-order chi connectivity index (χ1) is 10.1. The fourth-order valence-electron chi connectivity index (χ4n) is 3.22. The highest BCUT2D eigenvalue weighted by Gasteiger charge is 2.22. The highest BCUT2D eigenvalue weighted by atomic mass is 79.9.